The van der Waals surface area contributed by atoms with Gasteiger partial charge in [-0.25, -0.2) is 8.42 Å². The maximum Gasteiger partial charge on any atom is 0.180 e. The van der Waals surface area contributed by atoms with Crippen molar-refractivity contribution in [2.45, 2.75) is 57.4 Å². The minimum absolute atomic E-state index is 0.0856. The second-order valence-electron chi connectivity index (χ2n) is 6.26. The average Bonchev–Trinajstić information content (AvgIpc) is 2.95. The fraction of sp³-hybridized carbons (Fsp3) is 0.647. The number of nitrogens with one attached hydrogen (secondary N) is 1. The van der Waals surface area contributed by atoms with Gasteiger partial charge in [-0.1, -0.05) is 31.9 Å². The molecule has 0 amide bonds. The zero-order chi connectivity index (χ0) is 15.5. The molecule has 1 saturated carbocycles. The van der Waals surface area contributed by atoms with Crippen molar-refractivity contribution in [1.29, 1.82) is 0 Å². The molecule has 21 heavy (non-hydrogen) atoms. The molecule has 3 nitrogen and oxygen atoms in total. The third kappa shape index (κ3) is 4.07. The highest BCUT2D eigenvalue weighted by Gasteiger charge is 2.30. The first-order chi connectivity index (χ1) is 9.94. The van der Waals surface area contributed by atoms with Gasteiger partial charge in [0.2, 0.25) is 0 Å². The van der Waals surface area contributed by atoms with Crippen molar-refractivity contribution in [3.8, 4) is 0 Å². The minimum atomic E-state index is -3.23. The van der Waals surface area contributed by atoms with Crippen LogP contribution in [0.1, 0.15) is 43.7 Å². The Labute approximate surface area is 129 Å². The number of hydrogen-bond acceptors (Lipinski definition) is 3. The molecule has 1 aromatic rings. The molecule has 0 bridgehead atoms. The normalized spacial score (nSPS) is 18.0. The second kappa shape index (κ2) is 6.93. The summed E-state index contributed by atoms with van der Waals surface area (Å²) in [6.45, 7) is 6.69. The molecular formula is C17H27NO2S. The summed E-state index contributed by atoms with van der Waals surface area (Å²) in [6.07, 6.45) is 4.77. The van der Waals surface area contributed by atoms with Crippen molar-refractivity contribution in [3.63, 3.8) is 0 Å². The lowest BCUT2D eigenvalue weighted by Gasteiger charge is -2.24. The molecule has 1 atom stereocenters. The topological polar surface area (TPSA) is 46.2 Å². The summed E-state index contributed by atoms with van der Waals surface area (Å²) in [7, 11) is -3.23. The molecule has 0 radical (unpaired) electrons. The van der Waals surface area contributed by atoms with E-state index in [9.17, 15) is 8.42 Å². The van der Waals surface area contributed by atoms with Crippen molar-refractivity contribution < 1.29 is 8.42 Å². The Balaban J connectivity index is 2.23. The van der Waals surface area contributed by atoms with E-state index in [2.05, 4.69) is 5.32 Å². The molecule has 1 unspecified atom stereocenters. The summed E-state index contributed by atoms with van der Waals surface area (Å²) in [5.41, 5.74) is 1.85. The average molecular weight is 309 g/mol. The Hall–Kier alpha value is -0.870. The fourth-order valence-electron chi connectivity index (χ4n) is 3.35. The van der Waals surface area contributed by atoms with Crippen LogP contribution in [0.15, 0.2) is 23.1 Å². The van der Waals surface area contributed by atoms with Gasteiger partial charge in [0.25, 0.3) is 0 Å². The Morgan fingerprint density at radius 3 is 2.52 bits per heavy atom. The van der Waals surface area contributed by atoms with E-state index in [1.807, 2.05) is 39.0 Å². The van der Waals surface area contributed by atoms with Crippen LogP contribution >= 0.6 is 0 Å². The summed E-state index contributed by atoms with van der Waals surface area (Å²) in [5, 5.41) is 3.41. The van der Waals surface area contributed by atoms with Gasteiger partial charge < -0.3 is 5.32 Å². The van der Waals surface area contributed by atoms with Crippen LogP contribution < -0.4 is 5.32 Å². The van der Waals surface area contributed by atoms with Crippen LogP contribution in [-0.4, -0.2) is 26.8 Å². The van der Waals surface area contributed by atoms with Gasteiger partial charge in [-0.15, -0.1) is 0 Å². The van der Waals surface area contributed by atoms with Crippen LogP contribution in [0.5, 0.6) is 0 Å². The molecule has 2 rings (SSSR count). The van der Waals surface area contributed by atoms with E-state index in [1.165, 1.54) is 12.8 Å². The summed E-state index contributed by atoms with van der Waals surface area (Å²) < 4.78 is 25.6. The molecule has 118 valence electrons. The van der Waals surface area contributed by atoms with Gasteiger partial charge in [-0.2, -0.15) is 0 Å². The predicted molar refractivity (Wildman–Crippen MR) is 87.4 cm³/mol. The van der Waals surface area contributed by atoms with E-state index < -0.39 is 9.84 Å². The van der Waals surface area contributed by atoms with E-state index >= 15 is 0 Å². The highest BCUT2D eigenvalue weighted by molar-refractivity contribution is 7.91. The zero-order valence-electron chi connectivity index (χ0n) is 13.4. The maximum absolute atomic E-state index is 12.8. The van der Waals surface area contributed by atoms with Gasteiger partial charge in [-0.05, 0) is 56.3 Å². The number of sulfone groups is 1. The van der Waals surface area contributed by atoms with Crippen LogP contribution in [0.4, 0.5) is 0 Å². The smallest absolute Gasteiger partial charge is 0.180 e. The van der Waals surface area contributed by atoms with Crippen LogP contribution in [-0.2, 0) is 9.84 Å². The summed E-state index contributed by atoms with van der Waals surface area (Å²) in [4.78, 5) is 0.503. The summed E-state index contributed by atoms with van der Waals surface area (Å²) in [5.74, 6) is 0.723. The number of benzene rings is 1. The van der Waals surface area contributed by atoms with Crippen LogP contribution in [0.25, 0.3) is 0 Å². The Morgan fingerprint density at radius 1 is 1.24 bits per heavy atom. The van der Waals surface area contributed by atoms with Crippen LogP contribution in [0, 0.1) is 19.8 Å². The first kappa shape index (κ1) is 16.5. The third-order valence-electron chi connectivity index (χ3n) is 4.51. The largest absolute Gasteiger partial charge is 0.313 e. The van der Waals surface area contributed by atoms with Gasteiger partial charge in [0.05, 0.1) is 10.6 Å². The Bertz CT molecular complexity index is 574. The van der Waals surface area contributed by atoms with E-state index in [-0.39, 0.29) is 11.8 Å². The molecule has 0 aliphatic heterocycles. The van der Waals surface area contributed by atoms with Gasteiger partial charge in [0, 0.05) is 6.04 Å². The zero-order valence-corrected chi connectivity index (χ0v) is 14.2. The third-order valence-corrected chi connectivity index (χ3v) is 6.42. The molecular weight excluding hydrogens is 282 g/mol. The number of rotatable bonds is 6. The number of hydrogen-bond donors (Lipinski definition) is 1. The van der Waals surface area contributed by atoms with Crippen LogP contribution in [0.3, 0.4) is 0 Å². The molecule has 1 aliphatic carbocycles. The highest BCUT2D eigenvalue weighted by Crippen LogP contribution is 2.30. The number of aryl methyl sites for hydroxylation is 2. The monoisotopic (exact) mass is 309 g/mol. The Morgan fingerprint density at radius 2 is 1.90 bits per heavy atom. The van der Waals surface area contributed by atoms with Crippen molar-refractivity contribution in [1.82, 2.24) is 5.32 Å². The van der Waals surface area contributed by atoms with Gasteiger partial charge >= 0.3 is 0 Å². The first-order valence-electron chi connectivity index (χ1n) is 7.97. The van der Waals surface area contributed by atoms with Gasteiger partial charge in [0.1, 0.15) is 0 Å². The van der Waals surface area contributed by atoms with Crippen LogP contribution in [0.2, 0.25) is 0 Å². The van der Waals surface area contributed by atoms with Crippen molar-refractivity contribution >= 4 is 9.84 Å². The van der Waals surface area contributed by atoms with E-state index in [1.54, 1.807) is 0 Å². The lowest BCUT2D eigenvalue weighted by Crippen LogP contribution is -2.41. The van der Waals surface area contributed by atoms with Gasteiger partial charge in [-0.3, -0.25) is 0 Å². The molecule has 1 aliphatic rings. The summed E-state index contributed by atoms with van der Waals surface area (Å²) >= 11 is 0. The highest BCUT2D eigenvalue weighted by atomic mass is 32.2. The standard InChI is InChI=1S/C17H27NO2S/c1-4-18-16(15-7-5-6-8-15)12-21(19,20)17-11-13(2)9-10-14(17)3/h9-11,15-16,18H,4-8,12H2,1-3H3. The minimum Gasteiger partial charge on any atom is -0.313 e. The van der Waals surface area contributed by atoms with E-state index in [4.69, 9.17) is 0 Å². The van der Waals surface area contributed by atoms with Crippen molar-refractivity contribution in [2.75, 3.05) is 12.3 Å². The predicted octanol–water partition coefficient (Wildman–Crippen LogP) is 3.25. The molecule has 0 aromatic heterocycles. The van der Waals surface area contributed by atoms with Crippen molar-refractivity contribution in [2.24, 2.45) is 5.92 Å². The maximum atomic E-state index is 12.8. The molecule has 0 heterocycles. The molecule has 0 spiro atoms. The SMILES string of the molecule is CCNC(CS(=O)(=O)c1cc(C)ccc1C)C1CCCC1. The first-order valence-corrected chi connectivity index (χ1v) is 9.62. The lowest BCUT2D eigenvalue weighted by atomic mass is 10.00. The molecule has 0 saturated heterocycles. The lowest BCUT2D eigenvalue weighted by molar-refractivity contribution is 0.388. The molecule has 1 N–H and O–H groups in total. The Kier molecular flexibility index (Phi) is 5.44. The summed E-state index contributed by atoms with van der Waals surface area (Å²) in [6, 6.07) is 5.76. The van der Waals surface area contributed by atoms with E-state index in [0.717, 1.165) is 30.5 Å². The van der Waals surface area contributed by atoms with Gasteiger partial charge in [0.15, 0.2) is 9.84 Å². The van der Waals surface area contributed by atoms with Crippen molar-refractivity contribution in [3.05, 3.63) is 29.3 Å². The second-order valence-corrected chi connectivity index (χ2v) is 8.26. The molecule has 1 aromatic carbocycles. The quantitative estimate of drug-likeness (QED) is 0.877. The fourth-order valence-corrected chi connectivity index (χ4v) is 5.32. The van der Waals surface area contributed by atoms with E-state index in [0.29, 0.717) is 10.8 Å². The molecule has 4 heteroatoms. The molecule has 1 fully saturated rings.